The predicted molar refractivity (Wildman–Crippen MR) is 81.2 cm³/mol. The molecule has 2 heteroatoms. The smallest absolute Gasteiger partial charge is 0.0409 e. The maximum atomic E-state index is 6.08. The van der Waals surface area contributed by atoms with Gasteiger partial charge < -0.3 is 5.32 Å². The zero-order valence-corrected chi connectivity index (χ0v) is 12.6. The summed E-state index contributed by atoms with van der Waals surface area (Å²) in [5.74, 6) is 0.788. The molecule has 102 valence electrons. The van der Waals surface area contributed by atoms with E-state index >= 15 is 0 Å². The monoisotopic (exact) mass is 267 g/mol. The van der Waals surface area contributed by atoms with Crippen LogP contribution in [0.5, 0.6) is 0 Å². The van der Waals surface area contributed by atoms with Gasteiger partial charge in [0.25, 0.3) is 0 Å². The van der Waals surface area contributed by atoms with Crippen molar-refractivity contribution in [3.8, 4) is 0 Å². The Morgan fingerprint density at radius 3 is 2.61 bits per heavy atom. The van der Waals surface area contributed by atoms with E-state index < -0.39 is 0 Å². The third-order valence-electron chi connectivity index (χ3n) is 3.17. The normalized spacial score (nSPS) is 12.9. The number of hydrogen-bond donors (Lipinski definition) is 1. The van der Waals surface area contributed by atoms with Crippen LogP contribution in [0.3, 0.4) is 0 Å². The highest BCUT2D eigenvalue weighted by Gasteiger charge is 2.10. The van der Waals surface area contributed by atoms with Crippen LogP contribution in [-0.4, -0.2) is 6.54 Å². The lowest BCUT2D eigenvalue weighted by molar-refractivity contribution is 0.447. The van der Waals surface area contributed by atoms with Crippen molar-refractivity contribution in [3.05, 3.63) is 34.9 Å². The Bertz CT molecular complexity index is 336. The van der Waals surface area contributed by atoms with Gasteiger partial charge in [0.1, 0.15) is 0 Å². The molecule has 0 amide bonds. The number of rotatable bonds is 8. The lowest BCUT2D eigenvalue weighted by atomic mass is 9.98. The van der Waals surface area contributed by atoms with Crippen molar-refractivity contribution in [1.29, 1.82) is 0 Å². The van der Waals surface area contributed by atoms with Gasteiger partial charge in [0.05, 0.1) is 0 Å². The molecule has 0 spiro atoms. The second kappa shape index (κ2) is 8.55. The van der Waals surface area contributed by atoms with E-state index in [1.54, 1.807) is 0 Å². The first kappa shape index (κ1) is 15.5. The van der Waals surface area contributed by atoms with Crippen LogP contribution in [0.25, 0.3) is 0 Å². The lowest BCUT2D eigenvalue weighted by Crippen LogP contribution is -2.22. The van der Waals surface area contributed by atoms with Gasteiger partial charge >= 0.3 is 0 Å². The fourth-order valence-corrected chi connectivity index (χ4v) is 2.36. The molecule has 0 fully saturated rings. The Hall–Kier alpha value is -0.530. The van der Waals surface area contributed by atoms with Crippen LogP contribution in [-0.2, 0) is 0 Å². The summed E-state index contributed by atoms with van der Waals surface area (Å²) in [6.07, 6.45) is 4.93. The van der Waals surface area contributed by atoms with E-state index in [1.165, 1.54) is 31.2 Å². The second-order valence-corrected chi connectivity index (χ2v) is 5.82. The molecule has 18 heavy (non-hydrogen) atoms. The minimum Gasteiger partial charge on any atom is -0.310 e. The molecule has 1 unspecified atom stereocenters. The quantitative estimate of drug-likeness (QED) is 0.682. The number of hydrogen-bond acceptors (Lipinski definition) is 1. The van der Waals surface area contributed by atoms with Crippen molar-refractivity contribution in [2.75, 3.05) is 6.54 Å². The highest BCUT2D eigenvalue weighted by Crippen LogP contribution is 2.23. The van der Waals surface area contributed by atoms with Crippen LogP contribution in [0.2, 0.25) is 5.02 Å². The molecule has 0 aromatic heterocycles. The molecule has 1 aromatic carbocycles. The highest BCUT2D eigenvalue weighted by molar-refractivity contribution is 6.30. The van der Waals surface area contributed by atoms with Crippen molar-refractivity contribution < 1.29 is 0 Å². The molecule has 1 atom stereocenters. The molecule has 0 saturated carbocycles. The summed E-state index contributed by atoms with van der Waals surface area (Å²) in [5, 5.41) is 4.46. The summed E-state index contributed by atoms with van der Waals surface area (Å²) in [6.45, 7) is 7.84. The van der Waals surface area contributed by atoms with Crippen molar-refractivity contribution >= 4 is 11.6 Å². The summed E-state index contributed by atoms with van der Waals surface area (Å²) in [6, 6.07) is 8.69. The first-order valence-electron chi connectivity index (χ1n) is 7.12. The highest BCUT2D eigenvalue weighted by atomic mass is 35.5. The fourth-order valence-electron chi connectivity index (χ4n) is 2.16. The van der Waals surface area contributed by atoms with E-state index in [0.717, 1.165) is 17.5 Å². The molecule has 0 bridgehead atoms. The first-order chi connectivity index (χ1) is 8.63. The molecule has 0 aliphatic rings. The fraction of sp³-hybridized carbons (Fsp3) is 0.625. The molecule has 0 heterocycles. The molecule has 1 rings (SSSR count). The van der Waals surface area contributed by atoms with Gasteiger partial charge in [0.15, 0.2) is 0 Å². The van der Waals surface area contributed by atoms with Gasteiger partial charge in [0.2, 0.25) is 0 Å². The summed E-state index contributed by atoms with van der Waals surface area (Å²) >= 11 is 6.08. The topological polar surface area (TPSA) is 12.0 Å². The summed E-state index contributed by atoms with van der Waals surface area (Å²) in [7, 11) is 0. The van der Waals surface area contributed by atoms with Gasteiger partial charge in [-0.05, 0) is 43.0 Å². The maximum Gasteiger partial charge on any atom is 0.0409 e. The van der Waals surface area contributed by atoms with Gasteiger partial charge in [-0.25, -0.2) is 0 Å². The van der Waals surface area contributed by atoms with Gasteiger partial charge in [-0.3, -0.25) is 0 Å². The summed E-state index contributed by atoms with van der Waals surface area (Å²) in [4.78, 5) is 0. The Labute approximate surface area is 117 Å². The Balaban J connectivity index is 2.59. The van der Waals surface area contributed by atoms with Crippen molar-refractivity contribution in [2.24, 2.45) is 5.92 Å². The number of benzene rings is 1. The van der Waals surface area contributed by atoms with Gasteiger partial charge in [-0.1, -0.05) is 57.3 Å². The van der Waals surface area contributed by atoms with Crippen LogP contribution >= 0.6 is 11.6 Å². The minimum atomic E-state index is 0.447. The summed E-state index contributed by atoms with van der Waals surface area (Å²) in [5.41, 5.74) is 1.32. The molecule has 0 saturated heterocycles. The third kappa shape index (κ3) is 5.88. The predicted octanol–water partition coefficient (Wildman–Crippen LogP) is 5.21. The SMILES string of the molecule is CCCNC(CCCC(C)C)c1cccc(Cl)c1. The molecule has 1 N–H and O–H groups in total. The molecule has 0 aliphatic heterocycles. The lowest BCUT2D eigenvalue weighted by Gasteiger charge is -2.19. The Morgan fingerprint density at radius 1 is 1.22 bits per heavy atom. The van der Waals surface area contributed by atoms with Crippen LogP contribution in [0.15, 0.2) is 24.3 Å². The minimum absolute atomic E-state index is 0.447. The van der Waals surface area contributed by atoms with E-state index in [1.807, 2.05) is 12.1 Å². The van der Waals surface area contributed by atoms with E-state index in [4.69, 9.17) is 11.6 Å². The number of halogens is 1. The van der Waals surface area contributed by atoms with Crippen LogP contribution < -0.4 is 5.32 Å². The van der Waals surface area contributed by atoms with Crippen LogP contribution in [0.1, 0.15) is 58.1 Å². The third-order valence-corrected chi connectivity index (χ3v) is 3.40. The van der Waals surface area contributed by atoms with Crippen LogP contribution in [0.4, 0.5) is 0 Å². The molecule has 1 nitrogen and oxygen atoms in total. The van der Waals surface area contributed by atoms with E-state index in [0.29, 0.717) is 6.04 Å². The van der Waals surface area contributed by atoms with E-state index in [2.05, 4.69) is 38.2 Å². The second-order valence-electron chi connectivity index (χ2n) is 5.39. The van der Waals surface area contributed by atoms with Gasteiger partial charge in [-0.2, -0.15) is 0 Å². The zero-order chi connectivity index (χ0) is 13.4. The number of nitrogens with one attached hydrogen (secondary N) is 1. The van der Waals surface area contributed by atoms with E-state index in [9.17, 15) is 0 Å². The molecular weight excluding hydrogens is 242 g/mol. The van der Waals surface area contributed by atoms with Gasteiger partial charge in [-0.15, -0.1) is 0 Å². The molecule has 1 aromatic rings. The van der Waals surface area contributed by atoms with E-state index in [-0.39, 0.29) is 0 Å². The largest absolute Gasteiger partial charge is 0.310 e. The Morgan fingerprint density at radius 2 is 2.00 bits per heavy atom. The zero-order valence-electron chi connectivity index (χ0n) is 11.9. The molecule has 0 aliphatic carbocycles. The van der Waals surface area contributed by atoms with Crippen molar-refractivity contribution in [3.63, 3.8) is 0 Å². The van der Waals surface area contributed by atoms with Crippen LogP contribution in [0, 0.1) is 5.92 Å². The molecular formula is C16H26ClN. The first-order valence-corrected chi connectivity index (χ1v) is 7.50. The average Bonchev–Trinajstić information content (AvgIpc) is 2.33. The Kier molecular flexibility index (Phi) is 7.38. The van der Waals surface area contributed by atoms with Crippen molar-refractivity contribution in [1.82, 2.24) is 5.32 Å². The summed E-state index contributed by atoms with van der Waals surface area (Å²) < 4.78 is 0. The standard InChI is InChI=1S/C16H26ClN/c1-4-11-18-16(10-5-7-13(2)3)14-8-6-9-15(17)12-14/h6,8-9,12-13,16,18H,4-5,7,10-11H2,1-3H3. The molecule has 0 radical (unpaired) electrons. The maximum absolute atomic E-state index is 6.08. The van der Waals surface area contributed by atoms with Gasteiger partial charge in [0, 0.05) is 11.1 Å². The van der Waals surface area contributed by atoms with Crippen molar-refractivity contribution in [2.45, 2.75) is 52.5 Å². The average molecular weight is 268 g/mol.